The highest BCUT2D eigenvalue weighted by molar-refractivity contribution is 7.99. The van der Waals surface area contributed by atoms with Crippen molar-refractivity contribution in [3.05, 3.63) is 18.6 Å². The molecule has 1 N–H and O–H groups in total. The van der Waals surface area contributed by atoms with Gasteiger partial charge >= 0.3 is 0 Å². The molecule has 0 aliphatic rings. The number of nitrogens with one attached hydrogen (secondary N) is 1. The molecule has 0 amide bonds. The normalized spacial score (nSPS) is 10.5. The van der Waals surface area contributed by atoms with Crippen molar-refractivity contribution in [2.24, 2.45) is 0 Å². The Hall–Kier alpha value is -0.650. The van der Waals surface area contributed by atoms with Gasteiger partial charge in [0.25, 0.3) is 0 Å². The van der Waals surface area contributed by atoms with E-state index < -0.39 is 0 Å². The first-order valence-electron chi connectivity index (χ1n) is 5.10. The van der Waals surface area contributed by atoms with E-state index in [0.717, 1.165) is 37.1 Å². The summed E-state index contributed by atoms with van der Waals surface area (Å²) in [6, 6.07) is 1.92. The Morgan fingerprint density at radius 2 is 2.40 bits per heavy atom. The third-order valence-electron chi connectivity index (χ3n) is 1.71. The maximum Gasteiger partial charge on any atom is 0.116 e. The fourth-order valence-corrected chi connectivity index (χ4v) is 1.74. The minimum absolute atomic E-state index is 0.786. The third-order valence-corrected chi connectivity index (χ3v) is 2.66. The number of aromatic nitrogens is 2. The zero-order valence-electron chi connectivity index (χ0n) is 8.98. The van der Waals surface area contributed by atoms with E-state index in [-0.39, 0.29) is 0 Å². The lowest BCUT2D eigenvalue weighted by Gasteiger charge is -2.04. The van der Waals surface area contributed by atoms with Crippen LogP contribution in [0.3, 0.4) is 0 Å². The van der Waals surface area contributed by atoms with Gasteiger partial charge in [0.15, 0.2) is 0 Å². The van der Waals surface area contributed by atoms with Crippen molar-refractivity contribution in [3.63, 3.8) is 0 Å². The number of hydrogen-bond acceptors (Lipinski definition) is 5. The predicted octanol–water partition coefficient (Wildman–Crippen LogP) is 1.19. The number of ether oxygens (including phenoxy) is 1. The molecule has 0 atom stereocenters. The van der Waals surface area contributed by atoms with Crippen molar-refractivity contribution in [2.45, 2.75) is 11.9 Å². The summed E-state index contributed by atoms with van der Waals surface area (Å²) in [6.07, 6.45) is 3.34. The first kappa shape index (κ1) is 12.4. The van der Waals surface area contributed by atoms with Crippen LogP contribution in [0, 0.1) is 0 Å². The highest BCUT2D eigenvalue weighted by Gasteiger charge is 1.93. The summed E-state index contributed by atoms with van der Waals surface area (Å²) in [5.41, 5.74) is 0. The molecular weight excluding hydrogens is 210 g/mol. The quantitative estimate of drug-likeness (QED) is 0.411. The van der Waals surface area contributed by atoms with E-state index >= 15 is 0 Å². The molecule has 1 heterocycles. The third kappa shape index (κ3) is 6.43. The second-order valence-electron chi connectivity index (χ2n) is 2.84. The Balaban J connectivity index is 1.93. The summed E-state index contributed by atoms with van der Waals surface area (Å²) in [4.78, 5) is 7.99. The molecule has 84 valence electrons. The molecule has 0 spiro atoms. The monoisotopic (exact) mass is 227 g/mol. The van der Waals surface area contributed by atoms with E-state index in [1.165, 1.54) is 0 Å². The molecule has 0 aromatic carbocycles. The van der Waals surface area contributed by atoms with Crippen molar-refractivity contribution in [2.75, 3.05) is 32.1 Å². The SMILES string of the molecule is CCOCCNCCSc1ccncn1. The lowest BCUT2D eigenvalue weighted by atomic mass is 10.6. The molecule has 0 saturated carbocycles. The summed E-state index contributed by atoms with van der Waals surface area (Å²) in [6.45, 7) is 5.47. The fourth-order valence-electron chi connectivity index (χ4n) is 1.01. The number of thioether (sulfide) groups is 1. The number of hydrogen-bond donors (Lipinski definition) is 1. The lowest BCUT2D eigenvalue weighted by Crippen LogP contribution is -2.22. The Bertz CT molecular complexity index is 246. The fraction of sp³-hybridized carbons (Fsp3) is 0.600. The molecule has 0 bridgehead atoms. The maximum absolute atomic E-state index is 5.21. The average Bonchev–Trinajstić information content (AvgIpc) is 2.29. The second kappa shape index (κ2) is 8.64. The van der Waals surface area contributed by atoms with Gasteiger partial charge in [0.2, 0.25) is 0 Å². The van der Waals surface area contributed by atoms with Crippen LogP contribution in [0.4, 0.5) is 0 Å². The molecule has 0 saturated heterocycles. The Morgan fingerprint density at radius 1 is 1.47 bits per heavy atom. The minimum Gasteiger partial charge on any atom is -0.380 e. The average molecular weight is 227 g/mol. The molecule has 0 unspecified atom stereocenters. The van der Waals surface area contributed by atoms with E-state index in [2.05, 4.69) is 15.3 Å². The summed E-state index contributed by atoms with van der Waals surface area (Å²) in [5, 5.41) is 4.33. The van der Waals surface area contributed by atoms with Crippen LogP contribution in [0.2, 0.25) is 0 Å². The molecule has 0 fully saturated rings. The van der Waals surface area contributed by atoms with Crippen LogP contribution in [-0.4, -0.2) is 42.0 Å². The topological polar surface area (TPSA) is 47.0 Å². The summed E-state index contributed by atoms with van der Waals surface area (Å²) in [7, 11) is 0. The van der Waals surface area contributed by atoms with Crippen LogP contribution in [0.5, 0.6) is 0 Å². The van der Waals surface area contributed by atoms with Crippen molar-refractivity contribution in [1.82, 2.24) is 15.3 Å². The van der Waals surface area contributed by atoms with E-state index in [0.29, 0.717) is 0 Å². The Labute approximate surface area is 94.8 Å². The smallest absolute Gasteiger partial charge is 0.116 e. The van der Waals surface area contributed by atoms with E-state index in [4.69, 9.17) is 4.74 Å². The molecule has 4 nitrogen and oxygen atoms in total. The van der Waals surface area contributed by atoms with Crippen LogP contribution in [-0.2, 0) is 4.74 Å². The van der Waals surface area contributed by atoms with Gasteiger partial charge in [0.1, 0.15) is 6.33 Å². The molecular formula is C10H17N3OS. The molecule has 5 heteroatoms. The van der Waals surface area contributed by atoms with Gasteiger partial charge in [-0.15, -0.1) is 11.8 Å². The van der Waals surface area contributed by atoms with Gasteiger partial charge in [-0.05, 0) is 13.0 Å². The molecule has 1 rings (SSSR count). The molecule has 15 heavy (non-hydrogen) atoms. The van der Waals surface area contributed by atoms with E-state index in [1.807, 2.05) is 13.0 Å². The van der Waals surface area contributed by atoms with E-state index in [9.17, 15) is 0 Å². The van der Waals surface area contributed by atoms with Gasteiger partial charge in [0, 0.05) is 31.6 Å². The standard InChI is InChI=1S/C10H17N3OS/c1-2-14-7-5-11-6-8-15-10-3-4-12-9-13-10/h3-4,9,11H,2,5-8H2,1H3. The maximum atomic E-state index is 5.21. The molecule has 1 aromatic heterocycles. The van der Waals surface area contributed by atoms with Crippen LogP contribution in [0.1, 0.15) is 6.92 Å². The predicted molar refractivity (Wildman–Crippen MR) is 62.1 cm³/mol. The first-order chi connectivity index (χ1) is 7.43. The van der Waals surface area contributed by atoms with Gasteiger partial charge in [0.05, 0.1) is 11.6 Å². The van der Waals surface area contributed by atoms with Gasteiger partial charge in [-0.25, -0.2) is 9.97 Å². The number of rotatable bonds is 8. The van der Waals surface area contributed by atoms with Crippen molar-refractivity contribution < 1.29 is 4.74 Å². The molecule has 0 aliphatic heterocycles. The van der Waals surface area contributed by atoms with Gasteiger partial charge < -0.3 is 10.1 Å². The lowest BCUT2D eigenvalue weighted by molar-refractivity contribution is 0.150. The van der Waals surface area contributed by atoms with Crippen LogP contribution in [0.15, 0.2) is 23.6 Å². The molecule has 1 aromatic rings. The van der Waals surface area contributed by atoms with Gasteiger partial charge in [-0.1, -0.05) is 0 Å². The molecule has 0 aliphatic carbocycles. The van der Waals surface area contributed by atoms with Crippen LogP contribution in [0.25, 0.3) is 0 Å². The highest BCUT2D eigenvalue weighted by atomic mass is 32.2. The summed E-state index contributed by atoms with van der Waals surface area (Å²) < 4.78 is 5.21. The van der Waals surface area contributed by atoms with Crippen molar-refractivity contribution >= 4 is 11.8 Å². The zero-order valence-corrected chi connectivity index (χ0v) is 9.80. The van der Waals surface area contributed by atoms with Crippen LogP contribution < -0.4 is 5.32 Å². The molecule has 0 radical (unpaired) electrons. The highest BCUT2D eigenvalue weighted by Crippen LogP contribution is 2.11. The number of nitrogens with zero attached hydrogens (tertiary/aromatic N) is 2. The van der Waals surface area contributed by atoms with Gasteiger partial charge in [-0.2, -0.15) is 0 Å². The first-order valence-corrected chi connectivity index (χ1v) is 6.09. The van der Waals surface area contributed by atoms with Gasteiger partial charge in [-0.3, -0.25) is 0 Å². The Morgan fingerprint density at radius 3 is 3.13 bits per heavy atom. The summed E-state index contributed by atoms with van der Waals surface area (Å²) >= 11 is 1.73. The largest absolute Gasteiger partial charge is 0.380 e. The Kier molecular flexibility index (Phi) is 7.16. The summed E-state index contributed by atoms with van der Waals surface area (Å²) in [5.74, 6) is 1.02. The zero-order chi connectivity index (χ0) is 10.8. The van der Waals surface area contributed by atoms with Crippen molar-refractivity contribution in [1.29, 1.82) is 0 Å². The minimum atomic E-state index is 0.786. The van der Waals surface area contributed by atoms with E-state index in [1.54, 1.807) is 24.3 Å². The van der Waals surface area contributed by atoms with Crippen LogP contribution >= 0.6 is 11.8 Å². The second-order valence-corrected chi connectivity index (χ2v) is 3.96. The van der Waals surface area contributed by atoms with Crippen molar-refractivity contribution in [3.8, 4) is 0 Å².